The Hall–Kier alpha value is 0.381. The van der Waals surface area contributed by atoms with Gasteiger partial charge in [0.05, 0.1) is 0 Å². The van der Waals surface area contributed by atoms with E-state index in [2.05, 4.69) is 0 Å². The van der Waals surface area contributed by atoms with Crippen molar-refractivity contribution in [3.05, 3.63) is 0 Å². The minimum Gasteiger partial charge on any atom is -0.550 e. The maximum absolute atomic E-state index is 10.2. The third kappa shape index (κ3) is 7.05. The zero-order chi connectivity index (χ0) is 8.36. The molecule has 0 aromatic rings. The molecule has 0 bridgehead atoms. The predicted molar refractivity (Wildman–Crippen MR) is 37.8 cm³/mol. The first-order valence-electron chi connectivity index (χ1n) is 2.77. The average Bonchev–Trinajstić information content (AvgIpc) is 1.60. The molecule has 0 heterocycles. The number of carboxylic acid groups (broad SMARTS) is 2. The van der Waals surface area contributed by atoms with Gasteiger partial charge < -0.3 is 25.3 Å². The molecule has 0 rings (SSSR count). The molecule has 0 atom stereocenters. The summed E-state index contributed by atoms with van der Waals surface area (Å²) in [4.78, 5) is 20.1. The van der Waals surface area contributed by atoms with Crippen LogP contribution in [0.1, 0.15) is 20.3 Å². The first-order valence-corrected chi connectivity index (χ1v) is 2.77. The van der Waals surface area contributed by atoms with Gasteiger partial charge in [-0.1, -0.05) is 13.8 Å². The molecule has 0 saturated heterocycles. The summed E-state index contributed by atoms with van der Waals surface area (Å²) in [5.41, 5.74) is -1.33. The minimum atomic E-state index is -1.38. The molecule has 0 radical (unpaired) electrons. The van der Waals surface area contributed by atoms with Crippen LogP contribution in [0.3, 0.4) is 0 Å². The van der Waals surface area contributed by atoms with E-state index in [-0.39, 0.29) is 51.0 Å². The van der Waals surface area contributed by atoms with Crippen molar-refractivity contribution in [3.8, 4) is 0 Å². The zero-order valence-electron chi connectivity index (χ0n) is 7.05. The fourth-order valence-corrected chi connectivity index (χ4v) is 0.433. The van der Waals surface area contributed by atoms with Crippen molar-refractivity contribution in [1.82, 2.24) is 0 Å². The Kier molecular flexibility index (Phi) is 10.4. The molecule has 0 aliphatic rings. The number of carboxylic acids is 2. The predicted octanol–water partition coefficient (Wildman–Crippen LogP) is -3.30. The molecule has 2 N–H and O–H groups in total. The second-order valence-corrected chi connectivity index (χ2v) is 2.72. The first-order chi connectivity index (χ1) is 4.36. The molecule has 0 unspecified atom stereocenters. The van der Waals surface area contributed by atoms with Crippen molar-refractivity contribution < 1.29 is 25.3 Å². The molecule has 6 heteroatoms. The maximum atomic E-state index is 10.2. The van der Waals surface area contributed by atoms with Crippen molar-refractivity contribution >= 4 is 57.4 Å². The Bertz CT molecular complexity index is 165. The standard InChI is InChI=1S/C6H10O4.H2O.Sr/c1-6(2,5(9)10)3-4(7)8;;/h3H2,1-2H3,(H,7,8)(H,9,10);1H2;/q;;+2/p-2. The number of aliphatic carboxylic acids is 2. The summed E-state index contributed by atoms with van der Waals surface area (Å²) in [6.07, 6.45) is -0.519. The van der Waals surface area contributed by atoms with Crippen molar-refractivity contribution in [1.29, 1.82) is 0 Å². The smallest absolute Gasteiger partial charge is 0.550 e. The summed E-state index contributed by atoms with van der Waals surface area (Å²) in [7, 11) is 0. The quantitative estimate of drug-likeness (QED) is 0.488. The van der Waals surface area contributed by atoms with Gasteiger partial charge in [-0.3, -0.25) is 0 Å². The summed E-state index contributed by atoms with van der Waals surface area (Å²) in [6.45, 7) is 2.55. The third-order valence-electron chi connectivity index (χ3n) is 1.14. The van der Waals surface area contributed by atoms with Crippen LogP contribution >= 0.6 is 0 Å². The number of carbonyl (C=O) groups excluding carboxylic acids is 2. The molecule has 0 aromatic heterocycles. The van der Waals surface area contributed by atoms with E-state index in [1.54, 1.807) is 0 Å². The van der Waals surface area contributed by atoms with E-state index >= 15 is 0 Å². The van der Waals surface area contributed by atoms with Gasteiger partial charge in [0.2, 0.25) is 0 Å². The Balaban J connectivity index is -0.000000405. The molecule has 0 amide bonds. The molecule has 0 aliphatic carbocycles. The van der Waals surface area contributed by atoms with Gasteiger partial charge in [0.1, 0.15) is 0 Å². The van der Waals surface area contributed by atoms with Crippen LogP contribution in [0.5, 0.6) is 0 Å². The van der Waals surface area contributed by atoms with Gasteiger partial charge in [0.15, 0.2) is 0 Å². The molecule has 5 nitrogen and oxygen atoms in total. The Morgan fingerprint density at radius 2 is 1.58 bits per heavy atom. The molecule has 0 saturated carbocycles. The number of hydrogen-bond acceptors (Lipinski definition) is 4. The monoisotopic (exact) mass is 250 g/mol. The zero-order valence-corrected chi connectivity index (χ0v) is 10.5. The van der Waals surface area contributed by atoms with E-state index in [0.29, 0.717) is 0 Å². The molecule has 0 fully saturated rings. The van der Waals surface area contributed by atoms with Crippen LogP contribution in [0.15, 0.2) is 0 Å². The number of hydrogen-bond donors (Lipinski definition) is 0. The summed E-state index contributed by atoms with van der Waals surface area (Å²) in [5.74, 6) is -2.76. The van der Waals surface area contributed by atoms with Gasteiger partial charge in [-0.15, -0.1) is 0 Å². The first kappa shape index (κ1) is 18.2. The van der Waals surface area contributed by atoms with E-state index in [4.69, 9.17) is 0 Å². The minimum absolute atomic E-state index is 0. The largest absolute Gasteiger partial charge is 2.00 e. The van der Waals surface area contributed by atoms with Crippen LogP contribution in [0.25, 0.3) is 0 Å². The van der Waals surface area contributed by atoms with Crippen LogP contribution < -0.4 is 10.2 Å². The summed E-state index contributed by atoms with van der Waals surface area (Å²) in [5, 5.41) is 20.1. The van der Waals surface area contributed by atoms with Crippen LogP contribution in [0, 0.1) is 5.41 Å². The van der Waals surface area contributed by atoms with Gasteiger partial charge in [0, 0.05) is 17.4 Å². The maximum Gasteiger partial charge on any atom is 2.00 e. The average molecular weight is 250 g/mol. The summed E-state index contributed by atoms with van der Waals surface area (Å²) < 4.78 is 0. The molecule has 66 valence electrons. The molecular weight excluding hydrogens is 240 g/mol. The van der Waals surface area contributed by atoms with E-state index in [0.717, 1.165) is 0 Å². The molecular formula is C6H10O5Sr. The molecule has 0 aromatic carbocycles. The second kappa shape index (κ2) is 6.85. The van der Waals surface area contributed by atoms with Crippen molar-refractivity contribution in [2.45, 2.75) is 20.3 Å². The Morgan fingerprint density at radius 1 is 1.25 bits per heavy atom. The van der Waals surface area contributed by atoms with Crippen molar-refractivity contribution in [3.63, 3.8) is 0 Å². The SMILES string of the molecule is CC(C)(CC(=O)[O-])C(=O)[O-].O.[Sr+2]. The van der Waals surface area contributed by atoms with Crippen LogP contribution in [-0.2, 0) is 9.59 Å². The third-order valence-corrected chi connectivity index (χ3v) is 1.14. The van der Waals surface area contributed by atoms with Gasteiger partial charge >= 0.3 is 45.5 Å². The fraction of sp³-hybridized carbons (Fsp3) is 0.667. The Morgan fingerprint density at radius 3 is 1.67 bits per heavy atom. The van der Waals surface area contributed by atoms with Gasteiger partial charge in [-0.25, -0.2) is 0 Å². The van der Waals surface area contributed by atoms with Gasteiger partial charge in [-0.2, -0.15) is 0 Å². The topological polar surface area (TPSA) is 112 Å². The normalized spacial score (nSPS) is 9.17. The van der Waals surface area contributed by atoms with E-state index in [1.165, 1.54) is 13.8 Å². The Labute approximate surface area is 107 Å². The van der Waals surface area contributed by atoms with E-state index in [1.807, 2.05) is 0 Å². The fourth-order valence-electron chi connectivity index (χ4n) is 0.433. The molecule has 0 aliphatic heterocycles. The second-order valence-electron chi connectivity index (χ2n) is 2.72. The number of rotatable bonds is 3. The van der Waals surface area contributed by atoms with Gasteiger partial charge in [-0.05, 0) is 6.42 Å². The number of carbonyl (C=O) groups is 2. The molecule has 12 heavy (non-hydrogen) atoms. The van der Waals surface area contributed by atoms with Crippen molar-refractivity contribution in [2.75, 3.05) is 0 Å². The van der Waals surface area contributed by atoms with Crippen molar-refractivity contribution in [2.24, 2.45) is 5.41 Å². The van der Waals surface area contributed by atoms with E-state index < -0.39 is 23.8 Å². The summed E-state index contributed by atoms with van der Waals surface area (Å²) in [6, 6.07) is 0. The van der Waals surface area contributed by atoms with E-state index in [9.17, 15) is 19.8 Å². The van der Waals surface area contributed by atoms with Crippen LogP contribution in [-0.4, -0.2) is 62.9 Å². The molecule has 0 spiro atoms. The van der Waals surface area contributed by atoms with Crippen LogP contribution in [0.4, 0.5) is 0 Å². The van der Waals surface area contributed by atoms with Crippen LogP contribution in [0.2, 0.25) is 0 Å². The summed E-state index contributed by atoms with van der Waals surface area (Å²) >= 11 is 0. The van der Waals surface area contributed by atoms with Gasteiger partial charge in [0.25, 0.3) is 0 Å².